The fourth-order valence-electron chi connectivity index (χ4n) is 4.77. The van der Waals surface area contributed by atoms with E-state index >= 15 is 0 Å². The van der Waals surface area contributed by atoms with Crippen molar-refractivity contribution in [2.24, 2.45) is 0 Å². The highest BCUT2D eigenvalue weighted by atomic mass is 19.1. The second-order valence-corrected chi connectivity index (χ2v) is 11.0. The predicted octanol–water partition coefficient (Wildman–Crippen LogP) is 4.82. The van der Waals surface area contributed by atoms with Crippen LogP contribution in [0, 0.1) is 11.6 Å². The Balaban J connectivity index is 1.80. The number of aliphatic hydroxyl groups is 1. The van der Waals surface area contributed by atoms with Crippen LogP contribution in [-0.4, -0.2) is 60.8 Å². The number of urea groups is 1. The number of likely N-dealkylation sites (tertiary alicyclic amines) is 1. The lowest BCUT2D eigenvalue weighted by atomic mass is 9.78. The molecule has 0 saturated carbocycles. The lowest BCUT2D eigenvalue weighted by Gasteiger charge is -2.45. The van der Waals surface area contributed by atoms with Crippen LogP contribution >= 0.6 is 0 Å². The third-order valence-corrected chi connectivity index (χ3v) is 6.79. The molecule has 1 aliphatic rings. The van der Waals surface area contributed by atoms with E-state index in [0.717, 1.165) is 24.5 Å². The number of halogens is 2. The summed E-state index contributed by atoms with van der Waals surface area (Å²) in [4.78, 5) is 16.3. The summed E-state index contributed by atoms with van der Waals surface area (Å²) in [6.07, 6.45) is 1.71. The van der Waals surface area contributed by atoms with Crippen LogP contribution in [-0.2, 0) is 17.4 Å². The van der Waals surface area contributed by atoms with E-state index in [1.54, 1.807) is 19.0 Å². The molecule has 1 heterocycles. The Hall–Kier alpha value is -2.51. The summed E-state index contributed by atoms with van der Waals surface area (Å²) in [7, 11) is 3.51. The van der Waals surface area contributed by atoms with Crippen molar-refractivity contribution in [2.75, 3.05) is 33.7 Å². The second kappa shape index (κ2) is 11.0. The first-order chi connectivity index (χ1) is 16.4. The highest BCUT2D eigenvalue weighted by molar-refractivity contribution is 5.74. The van der Waals surface area contributed by atoms with Gasteiger partial charge in [0.15, 0.2) is 0 Å². The number of aliphatic hydroxyl groups excluding tert-OH is 1. The summed E-state index contributed by atoms with van der Waals surface area (Å²) in [5.74, 6) is -1.23. The van der Waals surface area contributed by atoms with Crippen molar-refractivity contribution in [3.63, 3.8) is 0 Å². The van der Waals surface area contributed by atoms with Crippen LogP contribution in [0.3, 0.4) is 0 Å². The van der Waals surface area contributed by atoms with Gasteiger partial charge in [0.1, 0.15) is 11.6 Å². The van der Waals surface area contributed by atoms with Crippen LogP contribution in [0.15, 0.2) is 42.5 Å². The fraction of sp³-hybridized carbons (Fsp3) is 0.536. The third-order valence-electron chi connectivity index (χ3n) is 6.79. The van der Waals surface area contributed by atoms with Gasteiger partial charge in [-0.2, -0.15) is 0 Å². The van der Waals surface area contributed by atoms with Crippen LogP contribution in [0.25, 0.3) is 0 Å². The van der Waals surface area contributed by atoms with Crippen molar-refractivity contribution in [3.05, 3.63) is 70.8 Å². The average molecular weight is 488 g/mol. The molecular weight excluding hydrogens is 448 g/mol. The molecule has 2 N–H and O–H groups in total. The maximum Gasteiger partial charge on any atom is 0.319 e. The zero-order chi connectivity index (χ0) is 25.8. The van der Waals surface area contributed by atoms with E-state index in [4.69, 9.17) is 0 Å². The van der Waals surface area contributed by atoms with Gasteiger partial charge in [-0.05, 0) is 59.9 Å². The summed E-state index contributed by atoms with van der Waals surface area (Å²) < 4.78 is 27.0. The lowest BCUT2D eigenvalue weighted by Crippen LogP contribution is -2.58. The SMILES string of the molecule is CN(C)C(=O)N1CCCC(NCC(O)CCc2cc(F)cc(F)c2)(c2cccc(C(C)(C)C)c2)C1. The standard InChI is InChI=1S/C28H39F2N3O2/c1-27(2,3)21-8-6-9-22(16-21)28(12-7-13-33(19-28)26(35)32(4)5)31-18-25(34)11-10-20-14-23(29)17-24(30)15-20/h6,8-9,14-17,25,31,34H,7,10-13,18-19H2,1-5H3. The minimum absolute atomic E-state index is 0.0231. The van der Waals surface area contributed by atoms with Crippen LogP contribution in [0.1, 0.15) is 56.7 Å². The molecule has 2 aromatic carbocycles. The highest BCUT2D eigenvalue weighted by Crippen LogP contribution is 2.35. The zero-order valence-corrected chi connectivity index (χ0v) is 21.6. The molecular formula is C28H39F2N3O2. The predicted molar refractivity (Wildman–Crippen MR) is 135 cm³/mol. The van der Waals surface area contributed by atoms with Crippen LogP contribution in [0.2, 0.25) is 0 Å². The van der Waals surface area contributed by atoms with Gasteiger partial charge in [0.25, 0.3) is 0 Å². The van der Waals surface area contributed by atoms with E-state index in [0.29, 0.717) is 38.0 Å². The third kappa shape index (κ3) is 7.01. The number of nitrogens with zero attached hydrogens (tertiary/aromatic N) is 2. The summed E-state index contributed by atoms with van der Waals surface area (Å²) in [6.45, 7) is 8.02. The van der Waals surface area contributed by atoms with Crippen LogP contribution < -0.4 is 5.32 Å². The van der Waals surface area contributed by atoms with Crippen molar-refractivity contribution in [1.29, 1.82) is 0 Å². The first-order valence-corrected chi connectivity index (χ1v) is 12.3. The Morgan fingerprint density at radius 1 is 1.17 bits per heavy atom. The van der Waals surface area contributed by atoms with Crippen molar-refractivity contribution >= 4 is 6.03 Å². The molecule has 2 amide bonds. The number of carbonyl (C=O) groups is 1. The number of piperidine rings is 1. The van der Waals surface area contributed by atoms with Gasteiger partial charge in [0, 0.05) is 39.8 Å². The number of amides is 2. The minimum Gasteiger partial charge on any atom is -0.392 e. The normalized spacial score (nSPS) is 19.5. The molecule has 5 nitrogen and oxygen atoms in total. The van der Waals surface area contributed by atoms with Crippen molar-refractivity contribution in [3.8, 4) is 0 Å². The average Bonchev–Trinajstić information content (AvgIpc) is 2.80. The lowest BCUT2D eigenvalue weighted by molar-refractivity contribution is 0.0949. The van der Waals surface area contributed by atoms with E-state index in [1.807, 2.05) is 4.90 Å². The van der Waals surface area contributed by atoms with Gasteiger partial charge < -0.3 is 20.2 Å². The molecule has 3 rings (SSSR count). The van der Waals surface area contributed by atoms with Gasteiger partial charge in [-0.3, -0.25) is 0 Å². The molecule has 7 heteroatoms. The molecule has 1 saturated heterocycles. The Kier molecular flexibility index (Phi) is 8.54. The van der Waals surface area contributed by atoms with E-state index < -0.39 is 23.3 Å². The van der Waals surface area contributed by atoms with Gasteiger partial charge in [-0.25, -0.2) is 13.6 Å². The van der Waals surface area contributed by atoms with Gasteiger partial charge in [-0.1, -0.05) is 45.0 Å². The Morgan fingerprint density at radius 2 is 1.86 bits per heavy atom. The largest absolute Gasteiger partial charge is 0.392 e. The monoisotopic (exact) mass is 487 g/mol. The number of hydrogen-bond donors (Lipinski definition) is 2. The highest BCUT2D eigenvalue weighted by Gasteiger charge is 2.39. The molecule has 35 heavy (non-hydrogen) atoms. The number of benzene rings is 2. The summed E-state index contributed by atoms with van der Waals surface area (Å²) in [5, 5.41) is 14.4. The zero-order valence-electron chi connectivity index (χ0n) is 21.6. The number of carbonyl (C=O) groups excluding carboxylic acids is 1. The molecule has 2 aromatic rings. The smallest absolute Gasteiger partial charge is 0.319 e. The second-order valence-electron chi connectivity index (χ2n) is 11.0. The first-order valence-electron chi connectivity index (χ1n) is 12.3. The molecule has 0 radical (unpaired) electrons. The van der Waals surface area contributed by atoms with E-state index in [-0.39, 0.29) is 11.4 Å². The van der Waals surface area contributed by atoms with Crippen molar-refractivity contribution < 1.29 is 18.7 Å². The molecule has 1 fully saturated rings. The Bertz CT molecular complexity index is 1000. The first kappa shape index (κ1) is 27.1. The maximum atomic E-state index is 13.5. The number of aryl methyl sites for hydroxylation is 1. The number of rotatable bonds is 7. The Labute approximate surface area is 208 Å². The number of hydrogen-bond acceptors (Lipinski definition) is 3. The van der Waals surface area contributed by atoms with Gasteiger partial charge >= 0.3 is 6.03 Å². The van der Waals surface area contributed by atoms with Crippen molar-refractivity contribution in [2.45, 2.75) is 63.5 Å². The molecule has 2 unspecified atom stereocenters. The topological polar surface area (TPSA) is 55.8 Å². The van der Waals surface area contributed by atoms with Crippen molar-refractivity contribution in [1.82, 2.24) is 15.1 Å². The molecule has 1 aliphatic heterocycles. The maximum absolute atomic E-state index is 13.5. The number of nitrogens with one attached hydrogen (secondary N) is 1. The van der Waals surface area contributed by atoms with E-state index in [1.165, 1.54) is 17.7 Å². The molecule has 0 aromatic heterocycles. The molecule has 0 bridgehead atoms. The minimum atomic E-state index is -0.705. The fourth-order valence-corrected chi connectivity index (χ4v) is 4.77. The van der Waals surface area contributed by atoms with Gasteiger partial charge in [0.2, 0.25) is 0 Å². The van der Waals surface area contributed by atoms with E-state index in [9.17, 15) is 18.7 Å². The summed E-state index contributed by atoms with van der Waals surface area (Å²) in [5.41, 5.74) is 2.30. The quantitative estimate of drug-likeness (QED) is 0.589. The summed E-state index contributed by atoms with van der Waals surface area (Å²) in [6, 6.07) is 11.9. The van der Waals surface area contributed by atoms with Crippen LogP contribution in [0.4, 0.5) is 13.6 Å². The molecule has 0 aliphatic carbocycles. The Morgan fingerprint density at radius 3 is 2.49 bits per heavy atom. The van der Waals surface area contributed by atoms with Crippen LogP contribution in [0.5, 0.6) is 0 Å². The van der Waals surface area contributed by atoms with Gasteiger partial charge in [-0.15, -0.1) is 0 Å². The summed E-state index contributed by atoms with van der Waals surface area (Å²) >= 11 is 0. The molecule has 0 spiro atoms. The van der Waals surface area contributed by atoms with E-state index in [2.05, 4.69) is 50.4 Å². The van der Waals surface area contributed by atoms with Gasteiger partial charge in [0.05, 0.1) is 11.6 Å². The molecule has 2 atom stereocenters. The molecule has 192 valence electrons.